The third-order valence-corrected chi connectivity index (χ3v) is 4.86. The molecule has 2 aliphatic heterocycles. The number of hydrogen-bond donors (Lipinski definition) is 0. The van der Waals surface area contributed by atoms with E-state index < -0.39 is 23.4 Å². The first-order chi connectivity index (χ1) is 11.6. The lowest BCUT2D eigenvalue weighted by Crippen LogP contribution is -2.45. The Morgan fingerprint density at radius 2 is 1.75 bits per heavy atom. The first-order valence-electron chi connectivity index (χ1n) is 7.80. The minimum Gasteiger partial charge on any atom is -0.497 e. The zero-order valence-electron chi connectivity index (χ0n) is 14.0. The van der Waals surface area contributed by atoms with Crippen LogP contribution in [-0.4, -0.2) is 51.0 Å². The van der Waals surface area contributed by atoms with Gasteiger partial charge in [-0.25, -0.2) is 0 Å². The first kappa shape index (κ1) is 16.7. The molecule has 2 fully saturated rings. The summed E-state index contributed by atoms with van der Waals surface area (Å²) in [5.41, 5.74) is -0.667. The molecule has 24 heavy (non-hydrogen) atoms. The Hall–Kier alpha value is -2.12. The number of hydrogen-bond acceptors (Lipinski definition) is 7. The number of ether oxygens (including phenoxy) is 3. The molecule has 0 saturated carbocycles. The molecule has 0 unspecified atom stereocenters. The highest BCUT2D eigenvalue weighted by Gasteiger charge is 2.65. The van der Waals surface area contributed by atoms with E-state index in [-0.39, 0.29) is 6.04 Å². The van der Waals surface area contributed by atoms with Crippen molar-refractivity contribution < 1.29 is 28.6 Å². The molecule has 0 bridgehead atoms. The third kappa shape index (κ3) is 2.35. The van der Waals surface area contributed by atoms with Gasteiger partial charge in [0.25, 0.3) is 0 Å². The number of esters is 2. The smallest absolute Gasteiger partial charge is 0.325 e. The van der Waals surface area contributed by atoms with Crippen LogP contribution in [0.15, 0.2) is 24.3 Å². The maximum Gasteiger partial charge on any atom is 0.325 e. The lowest BCUT2D eigenvalue weighted by molar-refractivity contribution is -0.187. The van der Waals surface area contributed by atoms with E-state index in [1.165, 1.54) is 14.2 Å². The zero-order valence-corrected chi connectivity index (χ0v) is 14.0. The van der Waals surface area contributed by atoms with Crippen LogP contribution in [0.4, 0.5) is 0 Å². The van der Waals surface area contributed by atoms with Gasteiger partial charge in [0.2, 0.25) is 0 Å². The molecule has 0 aromatic heterocycles. The van der Waals surface area contributed by atoms with E-state index in [9.17, 15) is 9.59 Å². The summed E-state index contributed by atoms with van der Waals surface area (Å²) in [5.74, 6) is -0.515. The number of nitrogens with zero attached hydrogens (tertiary/aromatic N) is 1. The molecule has 7 heteroatoms. The molecule has 2 aliphatic rings. The van der Waals surface area contributed by atoms with Crippen molar-refractivity contribution in [2.75, 3.05) is 27.9 Å². The fourth-order valence-electron chi connectivity index (χ4n) is 3.76. The van der Waals surface area contributed by atoms with Crippen molar-refractivity contribution in [2.24, 2.45) is 5.41 Å². The standard InChI is InChI=1S/C17H21NO6/c1-21-13-6-4-11(5-7-13)14-17(15(19)22-2,16(20)23-3)10-12-8-9-24-18(12)14/h4-7,12,14H,8-10H2,1-3H3/t12-,14-/m0/s1. The Kier molecular flexibility index (Phi) is 4.47. The molecule has 1 aromatic carbocycles. The summed E-state index contributed by atoms with van der Waals surface area (Å²) in [6.45, 7) is 0.565. The van der Waals surface area contributed by atoms with Crippen molar-refractivity contribution in [1.29, 1.82) is 0 Å². The molecule has 0 spiro atoms. The lowest BCUT2D eigenvalue weighted by atomic mass is 9.76. The van der Waals surface area contributed by atoms with Crippen LogP contribution in [0.1, 0.15) is 24.4 Å². The van der Waals surface area contributed by atoms with Crippen molar-refractivity contribution >= 4 is 11.9 Å². The van der Waals surface area contributed by atoms with Crippen molar-refractivity contribution in [3.8, 4) is 5.75 Å². The Labute approximate surface area is 140 Å². The van der Waals surface area contributed by atoms with E-state index in [2.05, 4.69) is 0 Å². The number of rotatable bonds is 4. The number of carbonyl (C=O) groups is 2. The van der Waals surface area contributed by atoms with Crippen LogP contribution in [0.25, 0.3) is 0 Å². The average molecular weight is 335 g/mol. The quantitative estimate of drug-likeness (QED) is 0.609. The Morgan fingerprint density at radius 1 is 1.12 bits per heavy atom. The average Bonchev–Trinajstić information content (AvgIpc) is 3.19. The van der Waals surface area contributed by atoms with Gasteiger partial charge in [0.1, 0.15) is 5.75 Å². The van der Waals surface area contributed by atoms with E-state index in [1.807, 2.05) is 12.1 Å². The SMILES string of the molecule is COC(=O)C1(C(=O)OC)C[C@@H]2CCON2[C@H]1c1ccc(OC)cc1. The lowest BCUT2D eigenvalue weighted by Gasteiger charge is -2.32. The zero-order chi connectivity index (χ0) is 17.3. The molecule has 7 nitrogen and oxygen atoms in total. The van der Waals surface area contributed by atoms with Crippen molar-refractivity contribution in [1.82, 2.24) is 5.06 Å². The summed E-state index contributed by atoms with van der Waals surface area (Å²) < 4.78 is 15.1. The van der Waals surface area contributed by atoms with Gasteiger partial charge in [-0.1, -0.05) is 12.1 Å². The maximum atomic E-state index is 12.6. The molecule has 3 rings (SSSR count). The monoisotopic (exact) mass is 335 g/mol. The predicted octanol–water partition coefficient (Wildman–Crippen LogP) is 1.48. The molecular weight excluding hydrogens is 314 g/mol. The molecule has 2 saturated heterocycles. The number of methoxy groups -OCH3 is 3. The van der Waals surface area contributed by atoms with Crippen molar-refractivity contribution in [2.45, 2.75) is 24.9 Å². The fraction of sp³-hybridized carbons (Fsp3) is 0.529. The highest BCUT2D eigenvalue weighted by Crippen LogP contribution is 2.54. The summed E-state index contributed by atoms with van der Waals surface area (Å²) in [4.78, 5) is 31.0. The van der Waals surface area contributed by atoms with Crippen LogP contribution in [0.3, 0.4) is 0 Å². The van der Waals surface area contributed by atoms with Crippen LogP contribution in [0, 0.1) is 5.41 Å². The van der Waals surface area contributed by atoms with Gasteiger partial charge in [0.15, 0.2) is 5.41 Å². The molecular formula is C17H21NO6. The van der Waals surface area contributed by atoms with Crippen LogP contribution >= 0.6 is 0 Å². The molecule has 0 amide bonds. The minimum atomic E-state index is -1.44. The topological polar surface area (TPSA) is 74.3 Å². The normalized spacial score (nSPS) is 25.1. The number of hydroxylamine groups is 2. The van der Waals surface area contributed by atoms with E-state index in [0.717, 1.165) is 12.0 Å². The van der Waals surface area contributed by atoms with E-state index in [0.29, 0.717) is 18.8 Å². The largest absolute Gasteiger partial charge is 0.497 e. The van der Waals surface area contributed by atoms with Gasteiger partial charge in [-0.15, -0.1) is 0 Å². The molecule has 2 heterocycles. The molecule has 0 N–H and O–H groups in total. The maximum absolute atomic E-state index is 12.6. The van der Waals surface area contributed by atoms with Gasteiger partial charge in [-0.05, 0) is 30.5 Å². The van der Waals surface area contributed by atoms with Crippen molar-refractivity contribution in [3.05, 3.63) is 29.8 Å². The predicted molar refractivity (Wildman–Crippen MR) is 83.0 cm³/mol. The molecule has 130 valence electrons. The number of fused-ring (bicyclic) bond motifs is 1. The molecule has 0 radical (unpaired) electrons. The Bertz CT molecular complexity index is 612. The highest BCUT2D eigenvalue weighted by molar-refractivity contribution is 6.01. The van der Waals surface area contributed by atoms with Gasteiger partial charge in [-0.2, -0.15) is 5.06 Å². The molecule has 2 atom stereocenters. The van der Waals surface area contributed by atoms with Gasteiger partial charge >= 0.3 is 11.9 Å². The number of carbonyl (C=O) groups excluding carboxylic acids is 2. The van der Waals surface area contributed by atoms with Gasteiger partial charge in [0, 0.05) is 6.04 Å². The van der Waals surface area contributed by atoms with E-state index in [1.54, 1.807) is 24.3 Å². The van der Waals surface area contributed by atoms with Gasteiger partial charge in [-0.3, -0.25) is 14.4 Å². The summed E-state index contributed by atoms with van der Waals surface area (Å²) in [6.07, 6.45) is 1.06. The second-order valence-electron chi connectivity index (χ2n) is 5.97. The summed E-state index contributed by atoms with van der Waals surface area (Å²) in [5, 5.41) is 1.75. The van der Waals surface area contributed by atoms with Crippen LogP contribution in [0.5, 0.6) is 5.75 Å². The summed E-state index contributed by atoms with van der Waals surface area (Å²) in [7, 11) is 4.14. The van der Waals surface area contributed by atoms with Crippen LogP contribution < -0.4 is 4.74 Å². The number of benzene rings is 1. The first-order valence-corrected chi connectivity index (χ1v) is 7.80. The van der Waals surface area contributed by atoms with Gasteiger partial charge < -0.3 is 14.2 Å². The third-order valence-electron chi connectivity index (χ3n) is 4.86. The van der Waals surface area contributed by atoms with Crippen LogP contribution in [-0.2, 0) is 23.9 Å². The minimum absolute atomic E-state index is 0.0321. The second-order valence-corrected chi connectivity index (χ2v) is 5.97. The van der Waals surface area contributed by atoms with E-state index >= 15 is 0 Å². The highest BCUT2D eigenvalue weighted by atomic mass is 16.7. The second kappa shape index (κ2) is 6.41. The molecule has 1 aromatic rings. The Balaban J connectivity index is 2.10. The summed E-state index contributed by atoms with van der Waals surface area (Å²) in [6, 6.07) is 6.60. The van der Waals surface area contributed by atoms with Crippen molar-refractivity contribution in [3.63, 3.8) is 0 Å². The fourth-order valence-corrected chi connectivity index (χ4v) is 3.76. The summed E-state index contributed by atoms with van der Waals surface area (Å²) >= 11 is 0. The van der Waals surface area contributed by atoms with E-state index in [4.69, 9.17) is 19.0 Å². The van der Waals surface area contributed by atoms with Crippen LogP contribution in [0.2, 0.25) is 0 Å². The van der Waals surface area contributed by atoms with Gasteiger partial charge in [0.05, 0.1) is 34.0 Å². The molecule has 0 aliphatic carbocycles. The Morgan fingerprint density at radius 3 is 2.29 bits per heavy atom.